The predicted molar refractivity (Wildman–Crippen MR) is 93.9 cm³/mol. The van der Waals surface area contributed by atoms with Crippen LogP contribution in [0.15, 0.2) is 30.5 Å². The molecule has 4 heteroatoms. The standard InChI is InChI=1S/C19H27N3O/c1-19(2,3)18-14(13-21-22-18)12-20-15-7-6-10-17(11-15)23-16-8-4-5-9-16/h6-7,10-11,13,16,20H,4-5,8-9,12H2,1-3H3,(H,21,22). The van der Waals surface area contributed by atoms with Gasteiger partial charge in [0.1, 0.15) is 5.75 Å². The second-order valence-electron chi connectivity index (χ2n) is 7.41. The second-order valence-corrected chi connectivity index (χ2v) is 7.41. The minimum atomic E-state index is 0.0461. The highest BCUT2D eigenvalue weighted by Crippen LogP contribution is 2.27. The number of hydrogen-bond acceptors (Lipinski definition) is 3. The summed E-state index contributed by atoms with van der Waals surface area (Å²) in [6, 6.07) is 8.27. The Labute approximate surface area is 138 Å². The summed E-state index contributed by atoms with van der Waals surface area (Å²) in [5, 5.41) is 10.9. The van der Waals surface area contributed by atoms with Crippen LogP contribution < -0.4 is 10.1 Å². The molecule has 0 bridgehead atoms. The number of anilines is 1. The number of nitrogens with one attached hydrogen (secondary N) is 2. The van der Waals surface area contributed by atoms with E-state index >= 15 is 0 Å². The Morgan fingerprint density at radius 2 is 2.04 bits per heavy atom. The van der Waals surface area contributed by atoms with Gasteiger partial charge in [0.05, 0.1) is 11.8 Å². The molecule has 23 heavy (non-hydrogen) atoms. The van der Waals surface area contributed by atoms with Crippen molar-refractivity contribution in [1.82, 2.24) is 10.2 Å². The summed E-state index contributed by atoms with van der Waals surface area (Å²) in [6.07, 6.45) is 7.32. The number of aromatic nitrogens is 2. The Bertz CT molecular complexity index is 636. The lowest BCUT2D eigenvalue weighted by molar-refractivity contribution is 0.210. The topological polar surface area (TPSA) is 49.9 Å². The highest BCUT2D eigenvalue weighted by atomic mass is 16.5. The summed E-state index contributed by atoms with van der Waals surface area (Å²) in [5.74, 6) is 0.963. The maximum atomic E-state index is 6.07. The van der Waals surface area contributed by atoms with Gasteiger partial charge in [0.15, 0.2) is 0 Å². The highest BCUT2D eigenvalue weighted by molar-refractivity contribution is 5.48. The summed E-state index contributed by atoms with van der Waals surface area (Å²) in [4.78, 5) is 0. The molecule has 1 saturated carbocycles. The van der Waals surface area contributed by atoms with Crippen LogP contribution in [-0.2, 0) is 12.0 Å². The smallest absolute Gasteiger partial charge is 0.121 e. The van der Waals surface area contributed by atoms with E-state index in [0.717, 1.165) is 23.7 Å². The molecule has 0 aliphatic heterocycles. The molecule has 0 spiro atoms. The molecule has 0 atom stereocenters. The zero-order valence-electron chi connectivity index (χ0n) is 14.4. The fourth-order valence-corrected chi connectivity index (χ4v) is 3.17. The van der Waals surface area contributed by atoms with Crippen molar-refractivity contribution < 1.29 is 4.74 Å². The molecule has 1 aromatic carbocycles. The lowest BCUT2D eigenvalue weighted by Gasteiger charge is -2.18. The lowest BCUT2D eigenvalue weighted by atomic mass is 9.89. The summed E-state index contributed by atoms with van der Waals surface area (Å²) in [6.45, 7) is 7.31. The van der Waals surface area contributed by atoms with E-state index in [0.29, 0.717) is 6.10 Å². The average Bonchev–Trinajstić information content (AvgIpc) is 3.16. The van der Waals surface area contributed by atoms with Gasteiger partial charge in [-0.05, 0) is 37.8 Å². The van der Waals surface area contributed by atoms with Crippen molar-refractivity contribution in [2.75, 3.05) is 5.32 Å². The van der Waals surface area contributed by atoms with Gasteiger partial charge in [-0.25, -0.2) is 0 Å². The van der Waals surface area contributed by atoms with Crippen molar-refractivity contribution >= 4 is 5.69 Å². The molecule has 1 fully saturated rings. The third kappa shape index (κ3) is 4.06. The Morgan fingerprint density at radius 1 is 1.26 bits per heavy atom. The Morgan fingerprint density at radius 3 is 2.78 bits per heavy atom. The minimum Gasteiger partial charge on any atom is -0.490 e. The van der Waals surface area contributed by atoms with E-state index < -0.39 is 0 Å². The van der Waals surface area contributed by atoms with E-state index in [-0.39, 0.29) is 5.41 Å². The first-order valence-electron chi connectivity index (χ1n) is 8.56. The molecule has 1 heterocycles. The number of nitrogens with zero attached hydrogens (tertiary/aromatic N) is 1. The molecule has 0 radical (unpaired) electrons. The maximum Gasteiger partial charge on any atom is 0.121 e. The number of hydrogen-bond donors (Lipinski definition) is 2. The van der Waals surface area contributed by atoms with Crippen LogP contribution in [0.4, 0.5) is 5.69 Å². The first kappa shape index (κ1) is 15.9. The van der Waals surface area contributed by atoms with Crippen LogP contribution in [-0.4, -0.2) is 16.3 Å². The lowest BCUT2D eigenvalue weighted by Crippen LogP contribution is -2.15. The van der Waals surface area contributed by atoms with Gasteiger partial charge < -0.3 is 10.1 Å². The van der Waals surface area contributed by atoms with E-state index in [1.54, 1.807) is 0 Å². The zero-order chi connectivity index (χ0) is 16.3. The van der Waals surface area contributed by atoms with Gasteiger partial charge in [0.25, 0.3) is 0 Å². The van der Waals surface area contributed by atoms with Gasteiger partial charge in [-0.3, -0.25) is 5.10 Å². The molecule has 1 aliphatic carbocycles. The van der Waals surface area contributed by atoms with Crippen molar-refractivity contribution in [3.63, 3.8) is 0 Å². The quantitative estimate of drug-likeness (QED) is 0.845. The third-order valence-corrected chi connectivity index (χ3v) is 4.35. The summed E-state index contributed by atoms with van der Waals surface area (Å²) >= 11 is 0. The number of benzene rings is 1. The molecule has 2 aromatic rings. The van der Waals surface area contributed by atoms with Crippen LogP contribution in [0.1, 0.15) is 57.7 Å². The van der Waals surface area contributed by atoms with Gasteiger partial charge >= 0.3 is 0 Å². The Kier molecular flexibility index (Phi) is 4.60. The van der Waals surface area contributed by atoms with Crippen molar-refractivity contribution in [3.05, 3.63) is 41.7 Å². The molecule has 1 aliphatic rings. The monoisotopic (exact) mass is 313 g/mol. The number of H-pyrrole nitrogens is 1. The number of aromatic amines is 1. The van der Waals surface area contributed by atoms with Crippen LogP contribution in [0.2, 0.25) is 0 Å². The van der Waals surface area contributed by atoms with Crippen molar-refractivity contribution in [1.29, 1.82) is 0 Å². The van der Waals surface area contributed by atoms with Crippen LogP contribution in [0.5, 0.6) is 5.75 Å². The highest BCUT2D eigenvalue weighted by Gasteiger charge is 2.20. The van der Waals surface area contributed by atoms with Gasteiger partial charge in [0.2, 0.25) is 0 Å². The van der Waals surface area contributed by atoms with Crippen molar-refractivity contribution in [2.24, 2.45) is 0 Å². The van der Waals surface area contributed by atoms with Crippen molar-refractivity contribution in [3.8, 4) is 5.75 Å². The molecule has 0 saturated heterocycles. The molecule has 4 nitrogen and oxygen atoms in total. The largest absolute Gasteiger partial charge is 0.490 e. The molecular weight excluding hydrogens is 286 g/mol. The number of rotatable bonds is 5. The van der Waals surface area contributed by atoms with Crippen LogP contribution in [0.3, 0.4) is 0 Å². The molecule has 124 valence electrons. The normalized spacial score (nSPS) is 15.8. The summed E-state index contributed by atoms with van der Waals surface area (Å²) in [5.41, 5.74) is 3.45. The first-order valence-corrected chi connectivity index (χ1v) is 8.56. The maximum absolute atomic E-state index is 6.07. The Hall–Kier alpha value is -1.97. The number of ether oxygens (including phenoxy) is 1. The van der Waals surface area contributed by atoms with E-state index in [2.05, 4.69) is 48.4 Å². The molecule has 2 N–H and O–H groups in total. The Balaban J connectivity index is 1.63. The third-order valence-electron chi connectivity index (χ3n) is 4.35. The zero-order valence-corrected chi connectivity index (χ0v) is 14.4. The van der Waals surface area contributed by atoms with E-state index in [4.69, 9.17) is 4.74 Å². The first-order chi connectivity index (χ1) is 11.0. The van der Waals surface area contributed by atoms with Gasteiger partial charge in [0, 0.05) is 35.5 Å². The van der Waals surface area contributed by atoms with Gasteiger partial charge in [-0.2, -0.15) is 5.10 Å². The van der Waals surface area contributed by atoms with E-state index in [1.807, 2.05) is 18.3 Å². The second kappa shape index (κ2) is 6.65. The SMILES string of the molecule is CC(C)(C)c1n[nH]cc1CNc1cccc(OC2CCCC2)c1. The fraction of sp³-hybridized carbons (Fsp3) is 0.526. The molecule has 3 rings (SSSR count). The molecular formula is C19H27N3O. The van der Waals surface area contributed by atoms with Gasteiger partial charge in [-0.1, -0.05) is 26.8 Å². The fourth-order valence-electron chi connectivity index (χ4n) is 3.17. The van der Waals surface area contributed by atoms with Crippen LogP contribution in [0.25, 0.3) is 0 Å². The van der Waals surface area contributed by atoms with Crippen LogP contribution in [0, 0.1) is 0 Å². The van der Waals surface area contributed by atoms with Gasteiger partial charge in [-0.15, -0.1) is 0 Å². The molecule has 1 aromatic heterocycles. The van der Waals surface area contributed by atoms with Crippen LogP contribution >= 0.6 is 0 Å². The molecule has 0 unspecified atom stereocenters. The summed E-state index contributed by atoms with van der Waals surface area (Å²) in [7, 11) is 0. The average molecular weight is 313 g/mol. The van der Waals surface area contributed by atoms with Crippen molar-refractivity contribution in [2.45, 2.75) is 64.5 Å². The summed E-state index contributed by atoms with van der Waals surface area (Å²) < 4.78 is 6.07. The molecule has 0 amide bonds. The van der Waals surface area contributed by atoms with E-state index in [9.17, 15) is 0 Å². The minimum absolute atomic E-state index is 0.0461. The van der Waals surface area contributed by atoms with E-state index in [1.165, 1.54) is 31.2 Å². The predicted octanol–water partition coefficient (Wildman–Crippen LogP) is 4.64.